The number of carbonyl (C=O) groups is 1. The molecule has 4 rings (SSSR count). The molecule has 0 aliphatic heterocycles. The maximum atomic E-state index is 13.1. The van der Waals surface area contributed by atoms with E-state index < -0.39 is 0 Å². The Morgan fingerprint density at radius 2 is 2.06 bits per heavy atom. The lowest BCUT2D eigenvalue weighted by molar-refractivity contribution is -0.120. The average molecular weight is 528 g/mol. The van der Waals surface area contributed by atoms with E-state index in [1.807, 2.05) is 29.0 Å². The van der Waals surface area contributed by atoms with Crippen LogP contribution in [0.15, 0.2) is 55.1 Å². The maximum absolute atomic E-state index is 13.1. The van der Waals surface area contributed by atoms with Crippen LogP contribution in [0, 0.1) is 0 Å². The number of nitrogens with zero attached hydrogens (tertiary/aromatic N) is 4. The third-order valence-corrected chi connectivity index (χ3v) is 6.29. The van der Waals surface area contributed by atoms with Crippen molar-refractivity contribution < 1.29 is 14.3 Å². The molecular weight excluding hydrogens is 507 g/mol. The fourth-order valence-corrected chi connectivity index (χ4v) is 4.60. The smallest absolute Gasteiger partial charge is 0.266 e. The van der Waals surface area contributed by atoms with Crippen molar-refractivity contribution in [2.24, 2.45) is 0 Å². The predicted molar refractivity (Wildman–Crippen MR) is 135 cm³/mol. The summed E-state index contributed by atoms with van der Waals surface area (Å²) < 4.78 is 13.9. The number of benzene rings is 2. The fourth-order valence-electron chi connectivity index (χ4n) is 3.10. The van der Waals surface area contributed by atoms with Crippen LogP contribution in [0.2, 0.25) is 10.0 Å². The van der Waals surface area contributed by atoms with Crippen LogP contribution in [0.25, 0.3) is 10.2 Å². The second kappa shape index (κ2) is 11.6. The summed E-state index contributed by atoms with van der Waals surface area (Å²) in [4.78, 5) is 23.5. The van der Waals surface area contributed by atoms with E-state index in [4.69, 9.17) is 32.7 Å². The lowest BCUT2D eigenvalue weighted by atomic mass is 10.3. The molecular formula is C22H21Cl3N4O3S. The SMILES string of the molecule is COc1ccc2nc(N(CCCn3ccnc3)C(=O)COc3ccc(Cl)cc3Cl)sc2c1.Cl. The van der Waals surface area contributed by atoms with Crippen LogP contribution in [0.3, 0.4) is 0 Å². The zero-order chi connectivity index (χ0) is 22.5. The first-order valence-electron chi connectivity index (χ1n) is 9.82. The number of hydrogen-bond donors (Lipinski definition) is 0. The molecule has 2 heterocycles. The van der Waals surface area contributed by atoms with Crippen LogP contribution < -0.4 is 14.4 Å². The van der Waals surface area contributed by atoms with Gasteiger partial charge in [0.05, 0.1) is 28.7 Å². The molecule has 0 aliphatic rings. The highest BCUT2D eigenvalue weighted by molar-refractivity contribution is 7.22. The molecule has 0 spiro atoms. The summed E-state index contributed by atoms with van der Waals surface area (Å²) >= 11 is 13.5. The van der Waals surface area contributed by atoms with E-state index in [9.17, 15) is 4.79 Å². The second-order valence-electron chi connectivity index (χ2n) is 6.89. The van der Waals surface area contributed by atoms with E-state index in [0.29, 0.717) is 27.5 Å². The van der Waals surface area contributed by atoms with E-state index >= 15 is 0 Å². The van der Waals surface area contributed by atoms with E-state index in [1.54, 1.807) is 42.7 Å². The van der Waals surface area contributed by atoms with Gasteiger partial charge in [0.2, 0.25) is 0 Å². The van der Waals surface area contributed by atoms with Gasteiger partial charge in [0.1, 0.15) is 11.5 Å². The first kappa shape index (κ1) is 25.1. The van der Waals surface area contributed by atoms with Crippen molar-refractivity contribution in [3.05, 3.63) is 65.2 Å². The van der Waals surface area contributed by atoms with Crippen molar-refractivity contribution in [3.63, 3.8) is 0 Å². The van der Waals surface area contributed by atoms with Crippen LogP contribution in [-0.2, 0) is 11.3 Å². The molecule has 0 N–H and O–H groups in total. The Hall–Kier alpha value is -2.52. The molecule has 7 nitrogen and oxygen atoms in total. The number of aryl methyl sites for hydroxylation is 1. The first-order valence-corrected chi connectivity index (χ1v) is 11.4. The van der Waals surface area contributed by atoms with Crippen molar-refractivity contribution in [2.45, 2.75) is 13.0 Å². The highest BCUT2D eigenvalue weighted by atomic mass is 35.5. The summed E-state index contributed by atoms with van der Waals surface area (Å²) in [5.41, 5.74) is 0.805. The number of halogens is 3. The van der Waals surface area contributed by atoms with E-state index in [-0.39, 0.29) is 24.9 Å². The normalized spacial score (nSPS) is 10.6. The van der Waals surface area contributed by atoms with Crippen molar-refractivity contribution in [2.75, 3.05) is 25.2 Å². The summed E-state index contributed by atoms with van der Waals surface area (Å²) in [7, 11) is 1.62. The lowest BCUT2D eigenvalue weighted by Gasteiger charge is -2.20. The Kier molecular flexibility index (Phi) is 8.80. The molecule has 174 valence electrons. The van der Waals surface area contributed by atoms with E-state index in [1.165, 1.54) is 11.3 Å². The van der Waals surface area contributed by atoms with Crippen LogP contribution in [0.4, 0.5) is 5.13 Å². The number of methoxy groups -OCH3 is 1. The Morgan fingerprint density at radius 1 is 1.21 bits per heavy atom. The zero-order valence-corrected chi connectivity index (χ0v) is 20.8. The minimum atomic E-state index is -0.215. The molecule has 2 aromatic heterocycles. The zero-order valence-electron chi connectivity index (χ0n) is 17.6. The number of fused-ring (bicyclic) bond motifs is 1. The second-order valence-corrected chi connectivity index (χ2v) is 8.75. The molecule has 0 saturated carbocycles. The van der Waals surface area contributed by atoms with Gasteiger partial charge in [-0.2, -0.15) is 0 Å². The quantitative estimate of drug-likeness (QED) is 0.278. The van der Waals surface area contributed by atoms with E-state index in [0.717, 1.165) is 28.9 Å². The molecule has 33 heavy (non-hydrogen) atoms. The molecule has 4 aromatic rings. The highest BCUT2D eigenvalue weighted by Gasteiger charge is 2.21. The Bertz CT molecular complexity index is 1220. The number of imidazole rings is 1. The van der Waals surface area contributed by atoms with Gasteiger partial charge in [0.15, 0.2) is 11.7 Å². The summed E-state index contributed by atoms with van der Waals surface area (Å²) in [5, 5.41) is 1.46. The van der Waals surface area contributed by atoms with Crippen LogP contribution in [0.5, 0.6) is 11.5 Å². The number of anilines is 1. The fraction of sp³-hybridized carbons (Fsp3) is 0.227. The van der Waals surface area contributed by atoms with Gasteiger partial charge in [0.25, 0.3) is 5.91 Å². The van der Waals surface area contributed by atoms with Gasteiger partial charge in [-0.25, -0.2) is 9.97 Å². The Morgan fingerprint density at radius 3 is 2.79 bits per heavy atom. The van der Waals surface area contributed by atoms with Crippen molar-refractivity contribution >= 4 is 68.2 Å². The summed E-state index contributed by atoms with van der Waals surface area (Å²) in [6.45, 7) is 1.03. The van der Waals surface area contributed by atoms with Gasteiger partial charge in [-0.05, 0) is 42.8 Å². The number of thiazole rings is 1. The molecule has 1 amide bonds. The van der Waals surface area contributed by atoms with Gasteiger partial charge in [-0.1, -0.05) is 34.5 Å². The Balaban J connectivity index is 0.00000306. The largest absolute Gasteiger partial charge is 0.497 e. The predicted octanol–water partition coefficient (Wildman–Crippen LogP) is 5.73. The minimum absolute atomic E-state index is 0. The molecule has 0 bridgehead atoms. The monoisotopic (exact) mass is 526 g/mol. The van der Waals surface area contributed by atoms with Gasteiger partial charge in [0, 0.05) is 30.5 Å². The van der Waals surface area contributed by atoms with Gasteiger partial charge in [-0.3, -0.25) is 9.69 Å². The molecule has 0 aliphatic carbocycles. The van der Waals surface area contributed by atoms with Crippen molar-refractivity contribution in [1.82, 2.24) is 14.5 Å². The third kappa shape index (κ3) is 6.29. The number of aromatic nitrogens is 3. The number of hydrogen-bond acceptors (Lipinski definition) is 6. The number of amides is 1. The Labute approximate surface area is 211 Å². The standard InChI is InChI=1S/C22H20Cl2N4O3S.ClH/c1-30-16-4-5-18-20(12-16)32-22(26-18)28(9-2-8-27-10-7-25-14-27)21(29)13-31-19-6-3-15(23)11-17(19)24;/h3-7,10-12,14H,2,8-9,13H2,1H3;1H. The molecule has 2 aromatic carbocycles. The molecule has 0 radical (unpaired) electrons. The van der Waals surface area contributed by atoms with Gasteiger partial charge >= 0.3 is 0 Å². The lowest BCUT2D eigenvalue weighted by Crippen LogP contribution is -2.36. The van der Waals surface area contributed by atoms with Crippen LogP contribution in [0.1, 0.15) is 6.42 Å². The third-order valence-electron chi connectivity index (χ3n) is 4.72. The molecule has 0 unspecified atom stereocenters. The number of carbonyl (C=O) groups excluding carboxylic acids is 1. The van der Waals surface area contributed by atoms with Crippen LogP contribution in [-0.4, -0.2) is 40.7 Å². The maximum Gasteiger partial charge on any atom is 0.266 e. The number of rotatable bonds is 9. The average Bonchev–Trinajstić information content (AvgIpc) is 3.45. The highest BCUT2D eigenvalue weighted by Crippen LogP contribution is 2.32. The van der Waals surface area contributed by atoms with Gasteiger partial charge in [-0.15, -0.1) is 12.4 Å². The summed E-state index contributed by atoms with van der Waals surface area (Å²) in [6.07, 6.45) is 6.10. The first-order chi connectivity index (χ1) is 15.5. The molecule has 0 fully saturated rings. The molecule has 0 saturated heterocycles. The topological polar surface area (TPSA) is 69.5 Å². The van der Waals surface area contributed by atoms with Gasteiger partial charge < -0.3 is 14.0 Å². The van der Waals surface area contributed by atoms with Crippen molar-refractivity contribution in [1.29, 1.82) is 0 Å². The summed E-state index contributed by atoms with van der Waals surface area (Å²) in [5.74, 6) is 0.927. The van der Waals surface area contributed by atoms with E-state index in [2.05, 4.69) is 9.97 Å². The number of ether oxygens (including phenoxy) is 2. The summed E-state index contributed by atoms with van der Waals surface area (Å²) in [6, 6.07) is 10.5. The van der Waals surface area contributed by atoms with Crippen molar-refractivity contribution in [3.8, 4) is 11.5 Å². The molecule has 11 heteroatoms. The van der Waals surface area contributed by atoms with Crippen LogP contribution >= 0.6 is 46.9 Å². The molecule has 0 atom stereocenters. The minimum Gasteiger partial charge on any atom is -0.497 e.